The molecule has 0 saturated heterocycles. The minimum atomic E-state index is -4.55. The van der Waals surface area contributed by atoms with Gasteiger partial charge in [-0.1, -0.05) is 25.4 Å². The molecule has 3 rings (SSSR count). The van der Waals surface area contributed by atoms with Crippen molar-refractivity contribution in [2.75, 3.05) is 13.2 Å². The molecule has 10 heteroatoms. The number of allylic oxidation sites excluding steroid dienone is 1. The summed E-state index contributed by atoms with van der Waals surface area (Å²) in [4.78, 5) is 10.9. The van der Waals surface area contributed by atoms with E-state index < -0.39 is 29.4 Å². The third-order valence-electron chi connectivity index (χ3n) is 5.85. The lowest BCUT2D eigenvalue weighted by Gasteiger charge is -2.36. The Hall–Kier alpha value is -3.07. The van der Waals surface area contributed by atoms with E-state index in [4.69, 9.17) is 35.7 Å². The summed E-state index contributed by atoms with van der Waals surface area (Å²) in [5, 5.41) is 8.94. The van der Waals surface area contributed by atoms with Crippen molar-refractivity contribution in [3.05, 3.63) is 53.1 Å². The number of hydrogen-bond acceptors (Lipinski definition) is 5. The lowest BCUT2D eigenvalue weighted by Crippen LogP contribution is -2.37. The van der Waals surface area contributed by atoms with E-state index in [9.17, 15) is 18.0 Å². The van der Waals surface area contributed by atoms with E-state index in [0.29, 0.717) is 37.4 Å². The second kappa shape index (κ2) is 11.3. The summed E-state index contributed by atoms with van der Waals surface area (Å²) in [6.07, 6.45) is -3.13. The molecule has 0 saturated carbocycles. The fourth-order valence-electron chi connectivity index (χ4n) is 3.66. The Morgan fingerprint density at radius 1 is 1.08 bits per heavy atom. The molecule has 1 aliphatic rings. The molecule has 1 N–H and O–H groups in total. The fraction of sp³-hybridized carbons (Fsp3) is 0.423. The van der Waals surface area contributed by atoms with Gasteiger partial charge >= 0.3 is 12.1 Å². The minimum Gasteiger partial charge on any atom is -0.493 e. The van der Waals surface area contributed by atoms with Gasteiger partial charge in [0.15, 0.2) is 6.10 Å². The van der Waals surface area contributed by atoms with Crippen LogP contribution in [0, 0.1) is 0 Å². The number of rotatable bonds is 11. The molecule has 36 heavy (non-hydrogen) atoms. The van der Waals surface area contributed by atoms with Crippen LogP contribution in [0.5, 0.6) is 23.0 Å². The van der Waals surface area contributed by atoms with Crippen molar-refractivity contribution in [3.8, 4) is 23.0 Å². The number of hydrogen-bond donors (Lipinski definition) is 1. The van der Waals surface area contributed by atoms with E-state index in [2.05, 4.69) is 0 Å². The molecular weight excluding hydrogens is 501 g/mol. The highest BCUT2D eigenvalue weighted by Crippen LogP contribution is 2.48. The van der Waals surface area contributed by atoms with E-state index in [-0.39, 0.29) is 28.7 Å². The van der Waals surface area contributed by atoms with Crippen LogP contribution < -0.4 is 18.9 Å². The Kier molecular flexibility index (Phi) is 8.66. The number of aliphatic carboxylic acids is 1. The predicted octanol–water partition coefficient (Wildman–Crippen LogP) is 6.94. The summed E-state index contributed by atoms with van der Waals surface area (Å²) < 4.78 is 63.9. The molecule has 2 aromatic carbocycles. The van der Waals surface area contributed by atoms with Gasteiger partial charge < -0.3 is 24.1 Å². The van der Waals surface area contributed by atoms with Crippen molar-refractivity contribution < 1.29 is 42.0 Å². The van der Waals surface area contributed by atoms with E-state index in [1.165, 1.54) is 19.1 Å². The minimum absolute atomic E-state index is 0.0556. The zero-order valence-corrected chi connectivity index (χ0v) is 20.9. The van der Waals surface area contributed by atoms with Gasteiger partial charge in [0.25, 0.3) is 0 Å². The van der Waals surface area contributed by atoms with Gasteiger partial charge in [-0.15, -0.1) is 0 Å². The number of alkyl halides is 3. The Morgan fingerprint density at radius 2 is 1.69 bits per heavy atom. The van der Waals surface area contributed by atoms with E-state index in [0.717, 1.165) is 6.08 Å². The molecule has 0 amide bonds. The molecular formula is C26H28ClF3O6. The van der Waals surface area contributed by atoms with E-state index in [1.807, 2.05) is 0 Å². The Balaban J connectivity index is 1.59. The molecule has 0 radical (unpaired) electrons. The maximum atomic E-state index is 13.8. The van der Waals surface area contributed by atoms with Gasteiger partial charge in [-0.05, 0) is 56.2 Å². The van der Waals surface area contributed by atoms with Crippen LogP contribution >= 0.6 is 11.6 Å². The summed E-state index contributed by atoms with van der Waals surface area (Å²) in [6.45, 7) is 5.52. The van der Waals surface area contributed by atoms with Crippen molar-refractivity contribution in [2.24, 2.45) is 0 Å². The highest BCUT2D eigenvalue weighted by molar-refractivity contribution is 6.32. The smallest absolute Gasteiger partial charge is 0.416 e. The number of ether oxygens (including phenoxy) is 4. The standard InChI is InChI=1S/C26H28ClF3O6/c1-4-25(5-2)15-20(26(28,29)30)19-13-21(27)23(14-22(19)36-25)34-12-6-11-33-17-7-9-18(10-8-17)35-16(3)24(31)32/h7-10,13-16H,4-6,11-12H2,1-3H3,(H,31,32). The molecule has 2 aromatic rings. The zero-order chi connectivity index (χ0) is 26.5. The molecule has 0 spiro atoms. The second-order valence-electron chi connectivity index (χ2n) is 8.33. The first-order chi connectivity index (χ1) is 17.0. The summed E-state index contributed by atoms with van der Waals surface area (Å²) in [5.41, 5.74) is -1.92. The highest BCUT2D eigenvalue weighted by Gasteiger charge is 2.43. The number of carboxylic acids is 1. The van der Waals surface area contributed by atoms with Crippen molar-refractivity contribution in [1.29, 1.82) is 0 Å². The van der Waals surface area contributed by atoms with Crippen LogP contribution in [0.1, 0.15) is 45.6 Å². The molecule has 6 nitrogen and oxygen atoms in total. The predicted molar refractivity (Wildman–Crippen MR) is 129 cm³/mol. The quantitative estimate of drug-likeness (QED) is 0.319. The third-order valence-corrected chi connectivity index (χ3v) is 6.14. The van der Waals surface area contributed by atoms with E-state index >= 15 is 0 Å². The molecule has 0 aromatic heterocycles. The lowest BCUT2D eigenvalue weighted by molar-refractivity contribution is -0.144. The Bertz CT molecular complexity index is 1090. The number of carbonyl (C=O) groups is 1. The van der Waals surface area contributed by atoms with Crippen LogP contribution in [-0.4, -0.2) is 42.2 Å². The normalized spacial score (nSPS) is 15.2. The maximum absolute atomic E-state index is 13.8. The van der Waals surface area contributed by atoms with Crippen molar-refractivity contribution in [2.45, 2.75) is 57.9 Å². The fourth-order valence-corrected chi connectivity index (χ4v) is 3.88. The van der Waals surface area contributed by atoms with Gasteiger partial charge in [0.2, 0.25) is 0 Å². The largest absolute Gasteiger partial charge is 0.493 e. The van der Waals surface area contributed by atoms with Crippen LogP contribution in [0.4, 0.5) is 13.2 Å². The van der Waals surface area contributed by atoms with Crippen LogP contribution in [0.2, 0.25) is 5.02 Å². The van der Waals surface area contributed by atoms with Crippen LogP contribution in [-0.2, 0) is 4.79 Å². The summed E-state index contributed by atoms with van der Waals surface area (Å²) >= 11 is 6.24. The average molecular weight is 529 g/mol. The SMILES string of the molecule is CCC1(CC)C=C(C(F)(F)F)c2cc(Cl)c(OCCCOc3ccc(OC(C)C(=O)O)cc3)cc2O1. The number of benzene rings is 2. The monoisotopic (exact) mass is 528 g/mol. The van der Waals surface area contributed by atoms with Crippen LogP contribution in [0.25, 0.3) is 5.57 Å². The van der Waals surface area contributed by atoms with Gasteiger partial charge in [-0.25, -0.2) is 4.79 Å². The van der Waals surface area contributed by atoms with Gasteiger partial charge in [0, 0.05) is 18.1 Å². The van der Waals surface area contributed by atoms with Crippen molar-refractivity contribution >= 4 is 23.1 Å². The first-order valence-electron chi connectivity index (χ1n) is 11.6. The summed E-state index contributed by atoms with van der Waals surface area (Å²) in [6, 6.07) is 9.16. The van der Waals surface area contributed by atoms with E-state index in [1.54, 1.807) is 38.1 Å². The molecule has 0 bridgehead atoms. The van der Waals surface area contributed by atoms with Gasteiger partial charge in [0.1, 0.15) is 28.6 Å². The van der Waals surface area contributed by atoms with Crippen LogP contribution in [0.3, 0.4) is 0 Å². The van der Waals surface area contributed by atoms with Crippen molar-refractivity contribution in [3.63, 3.8) is 0 Å². The molecule has 196 valence electrons. The third kappa shape index (κ3) is 6.57. The molecule has 0 aliphatic carbocycles. The van der Waals surface area contributed by atoms with Gasteiger partial charge in [0.05, 0.1) is 23.8 Å². The van der Waals surface area contributed by atoms with Crippen LogP contribution in [0.15, 0.2) is 42.5 Å². The maximum Gasteiger partial charge on any atom is 0.416 e. The summed E-state index contributed by atoms with van der Waals surface area (Å²) in [5.74, 6) is 0.224. The van der Waals surface area contributed by atoms with Gasteiger partial charge in [-0.2, -0.15) is 13.2 Å². The molecule has 0 fully saturated rings. The molecule has 1 aliphatic heterocycles. The zero-order valence-electron chi connectivity index (χ0n) is 20.2. The first kappa shape index (κ1) is 27.5. The average Bonchev–Trinajstić information content (AvgIpc) is 2.83. The molecule has 1 heterocycles. The van der Waals surface area contributed by atoms with Gasteiger partial charge in [-0.3, -0.25) is 0 Å². The first-order valence-corrected chi connectivity index (χ1v) is 11.9. The molecule has 1 atom stereocenters. The molecule has 1 unspecified atom stereocenters. The lowest BCUT2D eigenvalue weighted by atomic mass is 9.88. The number of fused-ring (bicyclic) bond motifs is 1. The topological polar surface area (TPSA) is 74.2 Å². The highest BCUT2D eigenvalue weighted by atomic mass is 35.5. The number of halogens is 4. The Labute approximate surface area is 212 Å². The summed E-state index contributed by atoms with van der Waals surface area (Å²) in [7, 11) is 0. The van der Waals surface area contributed by atoms with Crippen molar-refractivity contribution in [1.82, 2.24) is 0 Å². The second-order valence-corrected chi connectivity index (χ2v) is 8.74. The Morgan fingerprint density at radius 3 is 2.28 bits per heavy atom. The number of carboxylic acid groups (broad SMARTS) is 1.